The largest absolute Gasteiger partial charge is 0.481 e. The minimum absolute atomic E-state index is 0.0577. The van der Waals surface area contributed by atoms with Gasteiger partial charge in [0.05, 0.1) is 17.9 Å². The van der Waals surface area contributed by atoms with Gasteiger partial charge in [-0.05, 0) is 36.1 Å². The number of ether oxygens (including phenoxy) is 1. The summed E-state index contributed by atoms with van der Waals surface area (Å²) in [6, 6.07) is 14.8. The number of carboxylic acid groups (broad SMARTS) is 1. The second kappa shape index (κ2) is 8.77. The number of rotatable bonds is 6. The van der Waals surface area contributed by atoms with E-state index in [0.717, 1.165) is 12.0 Å². The molecule has 5 nitrogen and oxygen atoms in total. The molecule has 1 aliphatic rings. The van der Waals surface area contributed by atoms with E-state index in [0.29, 0.717) is 18.6 Å². The van der Waals surface area contributed by atoms with Crippen LogP contribution in [-0.4, -0.2) is 30.1 Å². The lowest BCUT2D eigenvalue weighted by molar-refractivity contribution is -0.139. The topological polar surface area (TPSA) is 75.6 Å². The number of carboxylic acids is 1. The molecule has 3 atom stereocenters. The molecule has 3 rings (SSSR count). The standard InChI is InChI=1S/C21H22FNO4/c22-16-10-8-14(9-11-16)18(21(25)26)13-23-20(24)17-7-4-12-27-19(17)15-5-2-1-3-6-15/h1-3,5-6,8-11,17-19H,4,7,12-13H2,(H,23,24)(H,25,26). The van der Waals surface area contributed by atoms with Gasteiger partial charge < -0.3 is 15.2 Å². The molecule has 2 aromatic rings. The summed E-state index contributed by atoms with van der Waals surface area (Å²) in [5.74, 6) is -3.03. The van der Waals surface area contributed by atoms with Gasteiger partial charge in [0.1, 0.15) is 5.82 Å². The molecule has 0 bridgehead atoms. The smallest absolute Gasteiger partial charge is 0.312 e. The zero-order valence-corrected chi connectivity index (χ0v) is 14.8. The quantitative estimate of drug-likeness (QED) is 0.817. The predicted octanol–water partition coefficient (Wildman–Crippen LogP) is 3.28. The van der Waals surface area contributed by atoms with Crippen molar-refractivity contribution in [2.24, 2.45) is 5.92 Å². The highest BCUT2D eigenvalue weighted by molar-refractivity contribution is 5.82. The predicted molar refractivity (Wildman–Crippen MR) is 97.6 cm³/mol. The number of hydrogen-bond acceptors (Lipinski definition) is 3. The first-order chi connectivity index (χ1) is 13.1. The van der Waals surface area contributed by atoms with Gasteiger partial charge in [-0.1, -0.05) is 42.5 Å². The summed E-state index contributed by atoms with van der Waals surface area (Å²) in [6.07, 6.45) is 1.12. The van der Waals surface area contributed by atoms with E-state index < -0.39 is 17.7 Å². The van der Waals surface area contributed by atoms with Crippen LogP contribution in [0.25, 0.3) is 0 Å². The third kappa shape index (κ3) is 4.71. The van der Waals surface area contributed by atoms with E-state index in [2.05, 4.69) is 5.32 Å². The fraction of sp³-hybridized carbons (Fsp3) is 0.333. The van der Waals surface area contributed by atoms with Crippen LogP contribution in [0.5, 0.6) is 0 Å². The molecule has 1 fully saturated rings. The molecule has 2 N–H and O–H groups in total. The molecule has 0 aromatic heterocycles. The molecule has 0 aliphatic carbocycles. The van der Waals surface area contributed by atoms with Gasteiger partial charge in [0, 0.05) is 13.2 Å². The summed E-state index contributed by atoms with van der Waals surface area (Å²) in [5, 5.41) is 12.2. The van der Waals surface area contributed by atoms with Crippen molar-refractivity contribution in [1.82, 2.24) is 5.32 Å². The molecule has 1 saturated heterocycles. The van der Waals surface area contributed by atoms with Crippen LogP contribution >= 0.6 is 0 Å². The van der Waals surface area contributed by atoms with Crippen LogP contribution < -0.4 is 5.32 Å². The molecule has 1 aliphatic heterocycles. The Labute approximate surface area is 157 Å². The first kappa shape index (κ1) is 19.0. The number of hydrogen-bond donors (Lipinski definition) is 2. The Bertz CT molecular complexity index is 779. The lowest BCUT2D eigenvalue weighted by Crippen LogP contribution is -2.40. The molecular formula is C21H22FNO4. The van der Waals surface area contributed by atoms with Crippen LogP contribution in [0.4, 0.5) is 4.39 Å². The van der Waals surface area contributed by atoms with Crippen molar-refractivity contribution < 1.29 is 23.8 Å². The zero-order chi connectivity index (χ0) is 19.2. The van der Waals surface area contributed by atoms with E-state index in [9.17, 15) is 19.1 Å². The number of carbonyl (C=O) groups excluding carboxylic acids is 1. The monoisotopic (exact) mass is 371 g/mol. The van der Waals surface area contributed by atoms with Crippen LogP contribution in [0.15, 0.2) is 54.6 Å². The van der Waals surface area contributed by atoms with Crippen molar-refractivity contribution in [2.75, 3.05) is 13.2 Å². The van der Waals surface area contributed by atoms with E-state index in [1.54, 1.807) is 0 Å². The summed E-state index contributed by atoms with van der Waals surface area (Å²) >= 11 is 0. The van der Waals surface area contributed by atoms with Gasteiger partial charge in [0.2, 0.25) is 5.91 Å². The van der Waals surface area contributed by atoms with Crippen molar-refractivity contribution in [3.05, 3.63) is 71.5 Å². The maximum absolute atomic E-state index is 13.1. The van der Waals surface area contributed by atoms with Crippen LogP contribution in [0, 0.1) is 11.7 Å². The highest BCUT2D eigenvalue weighted by atomic mass is 19.1. The van der Waals surface area contributed by atoms with Gasteiger partial charge in [0.25, 0.3) is 0 Å². The Kier molecular flexibility index (Phi) is 6.19. The second-order valence-electron chi connectivity index (χ2n) is 6.64. The van der Waals surface area contributed by atoms with Gasteiger partial charge >= 0.3 is 5.97 Å². The number of nitrogens with one attached hydrogen (secondary N) is 1. The van der Waals surface area contributed by atoms with Crippen molar-refractivity contribution >= 4 is 11.9 Å². The highest BCUT2D eigenvalue weighted by Gasteiger charge is 2.33. The van der Waals surface area contributed by atoms with Crippen LogP contribution in [0.1, 0.15) is 36.0 Å². The van der Waals surface area contributed by atoms with Crippen LogP contribution in [0.3, 0.4) is 0 Å². The molecule has 6 heteroatoms. The fourth-order valence-corrected chi connectivity index (χ4v) is 3.40. The lowest BCUT2D eigenvalue weighted by Gasteiger charge is -2.31. The molecule has 0 saturated carbocycles. The summed E-state index contributed by atoms with van der Waals surface area (Å²) in [4.78, 5) is 24.3. The number of carbonyl (C=O) groups is 2. The fourth-order valence-electron chi connectivity index (χ4n) is 3.40. The Morgan fingerprint density at radius 2 is 1.85 bits per heavy atom. The molecule has 27 heavy (non-hydrogen) atoms. The van der Waals surface area contributed by atoms with Crippen molar-refractivity contribution in [3.63, 3.8) is 0 Å². The SMILES string of the molecule is O=C(O)C(CNC(=O)C1CCCOC1c1ccccc1)c1ccc(F)cc1. The van der Waals surface area contributed by atoms with E-state index in [1.807, 2.05) is 30.3 Å². The number of halogens is 1. The Morgan fingerprint density at radius 3 is 2.52 bits per heavy atom. The van der Waals surface area contributed by atoms with Crippen molar-refractivity contribution in [1.29, 1.82) is 0 Å². The number of benzene rings is 2. The molecule has 1 heterocycles. The zero-order valence-electron chi connectivity index (χ0n) is 14.8. The average molecular weight is 371 g/mol. The maximum Gasteiger partial charge on any atom is 0.312 e. The normalized spacial score (nSPS) is 20.6. The van der Waals surface area contributed by atoms with Gasteiger partial charge in [-0.2, -0.15) is 0 Å². The van der Waals surface area contributed by atoms with E-state index in [4.69, 9.17) is 4.74 Å². The third-order valence-electron chi connectivity index (χ3n) is 4.84. The van der Waals surface area contributed by atoms with E-state index >= 15 is 0 Å². The van der Waals surface area contributed by atoms with Gasteiger partial charge in [0.15, 0.2) is 0 Å². The average Bonchev–Trinajstić information content (AvgIpc) is 2.70. The molecule has 0 radical (unpaired) electrons. The Morgan fingerprint density at radius 1 is 1.15 bits per heavy atom. The maximum atomic E-state index is 13.1. The molecule has 142 valence electrons. The van der Waals surface area contributed by atoms with Gasteiger partial charge in [-0.25, -0.2) is 4.39 Å². The van der Waals surface area contributed by atoms with Crippen molar-refractivity contribution in [3.8, 4) is 0 Å². The van der Waals surface area contributed by atoms with Gasteiger partial charge in [-0.3, -0.25) is 9.59 Å². The van der Waals surface area contributed by atoms with E-state index in [-0.39, 0.29) is 24.5 Å². The molecule has 1 amide bonds. The minimum atomic E-state index is -1.07. The van der Waals surface area contributed by atoms with Gasteiger partial charge in [-0.15, -0.1) is 0 Å². The molecule has 0 spiro atoms. The summed E-state index contributed by atoms with van der Waals surface area (Å²) in [7, 11) is 0. The Balaban J connectivity index is 1.69. The molecule has 3 unspecified atom stereocenters. The first-order valence-electron chi connectivity index (χ1n) is 8.99. The van der Waals surface area contributed by atoms with Crippen LogP contribution in [-0.2, 0) is 14.3 Å². The second-order valence-corrected chi connectivity index (χ2v) is 6.64. The van der Waals surface area contributed by atoms with E-state index in [1.165, 1.54) is 24.3 Å². The number of aliphatic carboxylic acids is 1. The van der Waals surface area contributed by atoms with Crippen LogP contribution in [0.2, 0.25) is 0 Å². The molecule has 2 aromatic carbocycles. The lowest BCUT2D eigenvalue weighted by atomic mass is 9.88. The van der Waals surface area contributed by atoms with Crippen molar-refractivity contribution in [2.45, 2.75) is 24.9 Å². The summed E-state index contributed by atoms with van der Waals surface area (Å²) in [6.45, 7) is 0.536. The summed E-state index contributed by atoms with van der Waals surface area (Å²) < 4.78 is 18.9. The highest BCUT2D eigenvalue weighted by Crippen LogP contribution is 2.33. The minimum Gasteiger partial charge on any atom is -0.481 e. The summed E-state index contributed by atoms with van der Waals surface area (Å²) in [5.41, 5.74) is 1.38. The molecular weight excluding hydrogens is 349 g/mol. The first-order valence-corrected chi connectivity index (χ1v) is 8.99. The third-order valence-corrected chi connectivity index (χ3v) is 4.84. The number of amides is 1. The Hall–Kier alpha value is -2.73.